The van der Waals surface area contributed by atoms with Gasteiger partial charge >= 0.3 is 0 Å². The van der Waals surface area contributed by atoms with Gasteiger partial charge in [-0.15, -0.1) is 0 Å². The molecule has 112 valence electrons. The zero-order chi connectivity index (χ0) is 14.8. The fourth-order valence-corrected chi connectivity index (χ4v) is 3.76. The average molecular weight is 297 g/mol. The predicted octanol–water partition coefficient (Wildman–Crippen LogP) is 1.68. The van der Waals surface area contributed by atoms with E-state index in [0.717, 1.165) is 18.7 Å². The van der Waals surface area contributed by atoms with Gasteiger partial charge in [0.15, 0.2) is 0 Å². The van der Waals surface area contributed by atoms with Gasteiger partial charge in [-0.05, 0) is 43.4 Å². The fourth-order valence-electron chi connectivity index (χ4n) is 2.58. The first-order valence-electron chi connectivity index (χ1n) is 7.05. The maximum absolute atomic E-state index is 12.0. The molecule has 1 aromatic rings. The lowest BCUT2D eigenvalue weighted by Crippen LogP contribution is -2.39. The minimum atomic E-state index is -3.08. The molecule has 0 aliphatic carbocycles. The molecule has 0 bridgehead atoms. The van der Waals surface area contributed by atoms with Crippen LogP contribution in [-0.2, 0) is 10.0 Å². The highest BCUT2D eigenvalue weighted by Gasteiger charge is 2.28. The number of hydrogen-bond donors (Lipinski definition) is 0. The van der Waals surface area contributed by atoms with Gasteiger partial charge in [0.1, 0.15) is 5.82 Å². The second kappa shape index (κ2) is 6.10. The van der Waals surface area contributed by atoms with Gasteiger partial charge in [-0.1, -0.05) is 0 Å². The second-order valence-corrected chi connectivity index (χ2v) is 7.70. The van der Waals surface area contributed by atoms with E-state index in [9.17, 15) is 8.42 Å². The first-order chi connectivity index (χ1) is 9.44. The third kappa shape index (κ3) is 3.30. The van der Waals surface area contributed by atoms with Crippen molar-refractivity contribution in [2.45, 2.75) is 25.7 Å². The lowest BCUT2D eigenvalue weighted by Gasteiger charge is -2.32. The molecule has 1 aromatic heterocycles. The van der Waals surface area contributed by atoms with E-state index in [-0.39, 0.29) is 11.7 Å². The standard InChI is InChI=1S/C14H23N3O2S/c1-4-20(18,19)17-9-5-6-13(11-17)12-7-8-15-14(10-12)16(2)3/h7-8,10,13H,4-6,9,11H2,1-3H3/t13-/m0/s1. The van der Waals surface area contributed by atoms with Gasteiger partial charge in [0.05, 0.1) is 5.75 Å². The van der Waals surface area contributed by atoms with E-state index < -0.39 is 10.0 Å². The van der Waals surface area contributed by atoms with Crippen molar-refractivity contribution in [2.24, 2.45) is 0 Å². The monoisotopic (exact) mass is 297 g/mol. The Hall–Kier alpha value is -1.14. The van der Waals surface area contributed by atoms with Crippen LogP contribution in [0.4, 0.5) is 5.82 Å². The molecule has 1 aliphatic heterocycles. The molecule has 2 rings (SSSR count). The van der Waals surface area contributed by atoms with Gasteiger partial charge in [0.2, 0.25) is 10.0 Å². The van der Waals surface area contributed by atoms with Crippen LogP contribution in [0.5, 0.6) is 0 Å². The molecule has 1 fully saturated rings. The van der Waals surface area contributed by atoms with Gasteiger partial charge in [0.25, 0.3) is 0 Å². The number of rotatable bonds is 4. The first-order valence-corrected chi connectivity index (χ1v) is 8.66. The van der Waals surface area contributed by atoms with Crippen LogP contribution in [0.2, 0.25) is 0 Å². The van der Waals surface area contributed by atoms with Crippen molar-refractivity contribution in [3.05, 3.63) is 23.9 Å². The number of anilines is 1. The Labute approximate surface area is 121 Å². The van der Waals surface area contributed by atoms with Crippen molar-refractivity contribution in [1.82, 2.24) is 9.29 Å². The van der Waals surface area contributed by atoms with E-state index in [2.05, 4.69) is 11.1 Å². The summed E-state index contributed by atoms with van der Waals surface area (Å²) in [5.74, 6) is 1.36. The van der Waals surface area contributed by atoms with Crippen LogP contribution >= 0.6 is 0 Å². The van der Waals surface area contributed by atoms with Crippen LogP contribution in [0.25, 0.3) is 0 Å². The van der Waals surface area contributed by atoms with E-state index >= 15 is 0 Å². The second-order valence-electron chi connectivity index (χ2n) is 5.44. The summed E-state index contributed by atoms with van der Waals surface area (Å²) < 4.78 is 25.7. The molecule has 1 atom stereocenters. The largest absolute Gasteiger partial charge is 0.363 e. The first kappa shape index (κ1) is 15.3. The molecule has 5 nitrogen and oxygen atoms in total. The Morgan fingerprint density at radius 1 is 1.45 bits per heavy atom. The Balaban J connectivity index is 2.19. The SMILES string of the molecule is CCS(=O)(=O)N1CCC[C@H](c2ccnc(N(C)C)c2)C1. The highest BCUT2D eigenvalue weighted by molar-refractivity contribution is 7.89. The maximum Gasteiger partial charge on any atom is 0.213 e. The average Bonchev–Trinajstić information content (AvgIpc) is 2.47. The van der Waals surface area contributed by atoms with E-state index in [0.29, 0.717) is 13.1 Å². The summed E-state index contributed by atoms with van der Waals surface area (Å²) in [4.78, 5) is 6.28. The Morgan fingerprint density at radius 3 is 2.85 bits per heavy atom. The Morgan fingerprint density at radius 2 is 2.20 bits per heavy atom. The molecular formula is C14H23N3O2S. The van der Waals surface area contributed by atoms with E-state index in [4.69, 9.17) is 0 Å². The summed E-state index contributed by atoms with van der Waals surface area (Å²) in [5, 5.41) is 0. The summed E-state index contributed by atoms with van der Waals surface area (Å²) in [6, 6.07) is 4.06. The van der Waals surface area contributed by atoms with Gasteiger partial charge < -0.3 is 4.90 Å². The number of aromatic nitrogens is 1. The molecule has 0 N–H and O–H groups in total. The molecule has 0 radical (unpaired) electrons. The number of pyridine rings is 1. The predicted molar refractivity (Wildman–Crippen MR) is 81.6 cm³/mol. The van der Waals surface area contributed by atoms with Crippen LogP contribution in [0.3, 0.4) is 0 Å². The van der Waals surface area contributed by atoms with Gasteiger partial charge in [-0.2, -0.15) is 0 Å². The highest BCUT2D eigenvalue weighted by atomic mass is 32.2. The lowest BCUT2D eigenvalue weighted by atomic mass is 9.92. The molecule has 2 heterocycles. The van der Waals surface area contributed by atoms with Crippen molar-refractivity contribution < 1.29 is 8.42 Å². The number of piperidine rings is 1. The minimum Gasteiger partial charge on any atom is -0.363 e. The van der Waals surface area contributed by atoms with Gasteiger partial charge in [-0.3, -0.25) is 0 Å². The lowest BCUT2D eigenvalue weighted by molar-refractivity contribution is 0.316. The van der Waals surface area contributed by atoms with Crippen LogP contribution in [-0.4, -0.2) is 50.6 Å². The van der Waals surface area contributed by atoms with Crippen molar-refractivity contribution in [3.63, 3.8) is 0 Å². The van der Waals surface area contributed by atoms with Crippen LogP contribution in [0.15, 0.2) is 18.3 Å². The molecule has 1 saturated heterocycles. The zero-order valence-electron chi connectivity index (χ0n) is 12.4. The van der Waals surface area contributed by atoms with Crippen LogP contribution < -0.4 is 4.90 Å². The molecule has 0 amide bonds. The van der Waals surface area contributed by atoms with Gasteiger partial charge in [0, 0.05) is 33.4 Å². The zero-order valence-corrected chi connectivity index (χ0v) is 13.2. The van der Waals surface area contributed by atoms with Crippen molar-refractivity contribution in [2.75, 3.05) is 37.8 Å². The molecule has 0 saturated carbocycles. The van der Waals surface area contributed by atoms with Crippen molar-refractivity contribution >= 4 is 15.8 Å². The number of hydrogen-bond acceptors (Lipinski definition) is 4. The third-order valence-electron chi connectivity index (χ3n) is 3.84. The molecule has 0 aromatic carbocycles. The molecule has 6 heteroatoms. The Bertz CT molecular complexity index is 557. The smallest absolute Gasteiger partial charge is 0.213 e. The topological polar surface area (TPSA) is 53.5 Å². The molecule has 20 heavy (non-hydrogen) atoms. The fraction of sp³-hybridized carbons (Fsp3) is 0.643. The summed E-state index contributed by atoms with van der Waals surface area (Å²) in [6.45, 7) is 2.95. The minimum absolute atomic E-state index is 0.180. The van der Waals surface area contributed by atoms with Crippen molar-refractivity contribution in [3.8, 4) is 0 Å². The molecule has 0 unspecified atom stereocenters. The number of sulfonamides is 1. The van der Waals surface area contributed by atoms with Crippen LogP contribution in [0, 0.1) is 0 Å². The summed E-state index contributed by atoms with van der Waals surface area (Å²) in [5.41, 5.74) is 1.18. The van der Waals surface area contributed by atoms with Crippen LogP contribution in [0.1, 0.15) is 31.2 Å². The summed E-state index contributed by atoms with van der Waals surface area (Å²) in [6.07, 6.45) is 3.76. The van der Waals surface area contributed by atoms with E-state index in [1.54, 1.807) is 17.4 Å². The molecule has 1 aliphatic rings. The molecular weight excluding hydrogens is 274 g/mol. The summed E-state index contributed by atoms with van der Waals surface area (Å²) in [7, 11) is 0.837. The summed E-state index contributed by atoms with van der Waals surface area (Å²) >= 11 is 0. The third-order valence-corrected chi connectivity index (χ3v) is 5.69. The van der Waals surface area contributed by atoms with Gasteiger partial charge in [-0.25, -0.2) is 17.7 Å². The van der Waals surface area contributed by atoms with E-state index in [1.165, 1.54) is 5.56 Å². The maximum atomic E-state index is 12.0. The number of nitrogens with zero attached hydrogens (tertiary/aromatic N) is 3. The van der Waals surface area contributed by atoms with Crippen molar-refractivity contribution in [1.29, 1.82) is 0 Å². The molecule has 0 spiro atoms. The quantitative estimate of drug-likeness (QED) is 0.848. The normalized spacial score (nSPS) is 20.9. The van der Waals surface area contributed by atoms with E-state index in [1.807, 2.05) is 25.1 Å². The highest BCUT2D eigenvalue weighted by Crippen LogP contribution is 2.29. The Kier molecular flexibility index (Phi) is 4.65.